The van der Waals surface area contributed by atoms with E-state index in [2.05, 4.69) is 15.7 Å². The van der Waals surface area contributed by atoms with Gasteiger partial charge in [0.1, 0.15) is 11.6 Å². The van der Waals surface area contributed by atoms with Crippen LogP contribution in [0.1, 0.15) is 18.4 Å². The molecule has 0 bridgehead atoms. The molecule has 0 radical (unpaired) electrons. The van der Waals surface area contributed by atoms with Gasteiger partial charge in [0.25, 0.3) is 5.56 Å². The Bertz CT molecular complexity index is 1170. The minimum Gasteiger partial charge on any atom is -0.449 e. The monoisotopic (exact) mass is 454 g/mol. The fourth-order valence-corrected chi connectivity index (χ4v) is 3.75. The molecule has 2 N–H and O–H groups in total. The lowest BCUT2D eigenvalue weighted by Crippen LogP contribution is -2.33. The number of anilines is 1. The van der Waals surface area contributed by atoms with Crippen molar-refractivity contribution in [1.29, 1.82) is 0 Å². The Morgan fingerprint density at radius 3 is 2.73 bits per heavy atom. The molecular formula is C24H24F2N4O3. The van der Waals surface area contributed by atoms with Crippen molar-refractivity contribution in [3.05, 3.63) is 82.1 Å². The minimum atomic E-state index is -0.727. The molecule has 172 valence electrons. The van der Waals surface area contributed by atoms with Gasteiger partial charge in [0, 0.05) is 35.8 Å². The molecule has 1 saturated heterocycles. The van der Waals surface area contributed by atoms with Crippen molar-refractivity contribution < 1.29 is 18.3 Å². The Morgan fingerprint density at radius 1 is 1.15 bits per heavy atom. The van der Waals surface area contributed by atoms with Gasteiger partial charge < -0.3 is 10.1 Å². The molecular weight excluding hydrogens is 430 g/mol. The molecule has 1 fully saturated rings. The Labute approximate surface area is 189 Å². The summed E-state index contributed by atoms with van der Waals surface area (Å²) >= 11 is 0. The van der Waals surface area contributed by atoms with Gasteiger partial charge in [-0.05, 0) is 55.3 Å². The molecule has 2 heterocycles. The second-order valence-corrected chi connectivity index (χ2v) is 8.01. The van der Waals surface area contributed by atoms with Gasteiger partial charge in [-0.2, -0.15) is 5.10 Å². The van der Waals surface area contributed by atoms with Gasteiger partial charge in [-0.15, -0.1) is 0 Å². The van der Waals surface area contributed by atoms with Crippen molar-refractivity contribution >= 4 is 11.8 Å². The van der Waals surface area contributed by atoms with Crippen LogP contribution in [-0.2, 0) is 11.3 Å². The summed E-state index contributed by atoms with van der Waals surface area (Å²) in [5.41, 5.74) is 1.36. The van der Waals surface area contributed by atoms with E-state index in [1.165, 1.54) is 16.8 Å². The zero-order valence-electron chi connectivity index (χ0n) is 17.9. The molecule has 4 rings (SSSR count). The van der Waals surface area contributed by atoms with Crippen LogP contribution in [0.15, 0.2) is 59.4 Å². The first-order valence-corrected chi connectivity index (χ1v) is 10.7. The number of ether oxygens (including phenoxy) is 1. The number of benzene rings is 2. The lowest BCUT2D eigenvalue weighted by molar-refractivity contribution is 0.132. The van der Waals surface area contributed by atoms with Crippen LogP contribution in [0.2, 0.25) is 0 Å². The van der Waals surface area contributed by atoms with Crippen molar-refractivity contribution in [3.8, 4) is 11.3 Å². The second-order valence-electron chi connectivity index (χ2n) is 8.01. The lowest BCUT2D eigenvalue weighted by atomic mass is 10.0. The van der Waals surface area contributed by atoms with Crippen molar-refractivity contribution in [2.24, 2.45) is 5.92 Å². The fourth-order valence-electron chi connectivity index (χ4n) is 3.75. The third kappa shape index (κ3) is 6.23. The Hall–Kier alpha value is -3.59. The van der Waals surface area contributed by atoms with E-state index < -0.39 is 17.7 Å². The number of aromatic nitrogens is 2. The van der Waals surface area contributed by atoms with E-state index in [0.29, 0.717) is 23.8 Å². The highest BCUT2D eigenvalue weighted by atomic mass is 19.1. The second kappa shape index (κ2) is 10.4. The van der Waals surface area contributed by atoms with Gasteiger partial charge in [-0.1, -0.05) is 12.1 Å². The fraction of sp³-hybridized carbons (Fsp3) is 0.292. The number of nitrogens with one attached hydrogen (secondary N) is 2. The zero-order chi connectivity index (χ0) is 23.2. The number of hydrogen-bond donors (Lipinski definition) is 2. The van der Waals surface area contributed by atoms with Crippen LogP contribution >= 0.6 is 0 Å². The van der Waals surface area contributed by atoms with E-state index in [0.717, 1.165) is 44.1 Å². The number of piperidine rings is 1. The topological polar surface area (TPSA) is 85.2 Å². The molecule has 1 aliphatic heterocycles. The standard InChI is InChI=1S/C24H24F2N4O3/c25-19-10-18(11-20(26)12-19)22-6-7-23(31)30(29-22)14-16-3-1-5-21(9-16)28-24(32)33-15-17-4-2-8-27-13-17/h1,3,5-7,9-12,17,27H,2,4,8,13-15H2,(H,28,32). The predicted molar refractivity (Wildman–Crippen MR) is 120 cm³/mol. The number of nitrogens with zero attached hydrogens (tertiary/aromatic N) is 2. The maximum Gasteiger partial charge on any atom is 0.411 e. The van der Waals surface area contributed by atoms with Gasteiger partial charge in [0.15, 0.2) is 0 Å². The van der Waals surface area contributed by atoms with Gasteiger partial charge in [-0.3, -0.25) is 10.1 Å². The maximum atomic E-state index is 13.6. The molecule has 0 spiro atoms. The van der Waals surface area contributed by atoms with Gasteiger partial charge in [-0.25, -0.2) is 18.3 Å². The quantitative estimate of drug-likeness (QED) is 0.592. The zero-order valence-corrected chi connectivity index (χ0v) is 17.9. The van der Waals surface area contributed by atoms with Crippen molar-refractivity contribution in [2.75, 3.05) is 25.0 Å². The number of carbonyl (C=O) groups excluding carboxylic acids is 1. The van der Waals surface area contributed by atoms with Crippen LogP contribution in [0.25, 0.3) is 11.3 Å². The van der Waals surface area contributed by atoms with Crippen LogP contribution in [0.3, 0.4) is 0 Å². The van der Waals surface area contributed by atoms with Gasteiger partial charge >= 0.3 is 6.09 Å². The predicted octanol–water partition coefficient (Wildman–Crippen LogP) is 3.78. The highest BCUT2D eigenvalue weighted by molar-refractivity contribution is 5.84. The molecule has 1 amide bonds. The van der Waals surface area contributed by atoms with E-state index in [1.807, 2.05) is 0 Å². The minimum absolute atomic E-state index is 0.114. The van der Waals surface area contributed by atoms with E-state index in [9.17, 15) is 18.4 Å². The summed E-state index contributed by atoms with van der Waals surface area (Å²) in [6.07, 6.45) is 1.56. The van der Waals surface area contributed by atoms with Crippen molar-refractivity contribution in [2.45, 2.75) is 19.4 Å². The Morgan fingerprint density at radius 2 is 1.97 bits per heavy atom. The molecule has 2 aromatic carbocycles. The largest absolute Gasteiger partial charge is 0.449 e. The SMILES string of the molecule is O=C(Nc1cccc(Cn2nc(-c3cc(F)cc(F)c3)ccc2=O)c1)OCC1CCCNC1. The summed E-state index contributed by atoms with van der Waals surface area (Å²) in [5, 5.41) is 10.2. The van der Waals surface area contributed by atoms with E-state index >= 15 is 0 Å². The summed E-state index contributed by atoms with van der Waals surface area (Å²) in [4.78, 5) is 24.4. The summed E-state index contributed by atoms with van der Waals surface area (Å²) < 4.78 is 33.7. The van der Waals surface area contributed by atoms with Crippen LogP contribution in [0.4, 0.5) is 19.3 Å². The average molecular weight is 454 g/mol. The molecule has 9 heteroatoms. The average Bonchev–Trinajstić information content (AvgIpc) is 2.79. The summed E-state index contributed by atoms with van der Waals surface area (Å²) in [5.74, 6) is -1.14. The molecule has 7 nitrogen and oxygen atoms in total. The molecule has 3 aromatic rings. The van der Waals surface area contributed by atoms with E-state index in [4.69, 9.17) is 4.74 Å². The Kier molecular flexibility index (Phi) is 7.09. The third-order valence-electron chi connectivity index (χ3n) is 5.38. The van der Waals surface area contributed by atoms with Crippen molar-refractivity contribution in [1.82, 2.24) is 15.1 Å². The van der Waals surface area contributed by atoms with Crippen LogP contribution in [0, 0.1) is 17.6 Å². The van der Waals surface area contributed by atoms with Crippen LogP contribution < -0.4 is 16.2 Å². The summed E-state index contributed by atoms with van der Waals surface area (Å²) in [6.45, 7) is 2.30. The van der Waals surface area contributed by atoms with Crippen LogP contribution in [-0.4, -0.2) is 35.6 Å². The summed E-state index contributed by atoms with van der Waals surface area (Å²) in [7, 11) is 0. The molecule has 1 aliphatic rings. The molecule has 0 saturated carbocycles. The number of hydrogen-bond acceptors (Lipinski definition) is 5. The van der Waals surface area contributed by atoms with E-state index in [-0.39, 0.29) is 23.4 Å². The first-order chi connectivity index (χ1) is 16.0. The number of rotatable bonds is 6. The highest BCUT2D eigenvalue weighted by Crippen LogP contribution is 2.19. The van der Waals surface area contributed by atoms with Gasteiger partial charge in [0.2, 0.25) is 0 Å². The molecule has 33 heavy (non-hydrogen) atoms. The lowest BCUT2D eigenvalue weighted by Gasteiger charge is -2.22. The summed E-state index contributed by atoms with van der Waals surface area (Å²) in [6, 6.07) is 12.8. The molecule has 1 unspecified atom stereocenters. The van der Waals surface area contributed by atoms with Crippen LogP contribution in [0.5, 0.6) is 0 Å². The Balaban J connectivity index is 1.43. The first kappa shape index (κ1) is 22.6. The first-order valence-electron chi connectivity index (χ1n) is 10.7. The number of amides is 1. The smallest absolute Gasteiger partial charge is 0.411 e. The maximum absolute atomic E-state index is 13.6. The van der Waals surface area contributed by atoms with Crippen molar-refractivity contribution in [3.63, 3.8) is 0 Å². The van der Waals surface area contributed by atoms with Gasteiger partial charge in [0.05, 0.1) is 18.8 Å². The highest BCUT2D eigenvalue weighted by Gasteiger charge is 2.15. The number of halogens is 2. The molecule has 1 aromatic heterocycles. The third-order valence-corrected chi connectivity index (χ3v) is 5.38. The molecule has 1 atom stereocenters. The number of carbonyl (C=O) groups is 1. The van der Waals surface area contributed by atoms with E-state index in [1.54, 1.807) is 24.3 Å². The normalized spacial score (nSPS) is 15.8. The molecule has 0 aliphatic carbocycles.